The van der Waals surface area contributed by atoms with E-state index in [2.05, 4.69) is 45.1 Å². The maximum Gasteiger partial charge on any atom is 0.407 e. The molecule has 0 radical (unpaired) electrons. The van der Waals surface area contributed by atoms with Crippen LogP contribution in [0.25, 0.3) is 32.5 Å². The Balaban J connectivity index is 1.30. The lowest BCUT2D eigenvalue weighted by molar-refractivity contribution is 0.0452. The molecule has 1 atom stereocenters. The van der Waals surface area contributed by atoms with Gasteiger partial charge < -0.3 is 28.8 Å². The summed E-state index contributed by atoms with van der Waals surface area (Å²) in [5, 5.41) is 7.35. The van der Waals surface area contributed by atoms with Crippen LogP contribution in [-0.2, 0) is 18.3 Å². The van der Waals surface area contributed by atoms with Crippen molar-refractivity contribution in [2.75, 3.05) is 20.2 Å². The molecule has 2 fully saturated rings. The van der Waals surface area contributed by atoms with Crippen molar-refractivity contribution in [3.8, 4) is 17.1 Å². The van der Waals surface area contributed by atoms with Gasteiger partial charge in [0.15, 0.2) is 0 Å². The van der Waals surface area contributed by atoms with E-state index in [0.29, 0.717) is 24.4 Å². The molecule has 3 aromatic heterocycles. The van der Waals surface area contributed by atoms with Crippen molar-refractivity contribution in [3.05, 3.63) is 41.3 Å². The minimum Gasteiger partial charge on any atom is -0.495 e. The quantitative estimate of drug-likeness (QED) is 0.295. The van der Waals surface area contributed by atoms with Gasteiger partial charge >= 0.3 is 6.09 Å². The molecule has 1 saturated heterocycles. The number of aromatic nitrogens is 2. The summed E-state index contributed by atoms with van der Waals surface area (Å²) in [6.07, 6.45) is 3.77. The van der Waals surface area contributed by atoms with Crippen molar-refractivity contribution in [1.82, 2.24) is 19.4 Å². The number of carbonyl (C=O) groups is 2. The van der Waals surface area contributed by atoms with Gasteiger partial charge in [-0.15, -0.1) is 11.3 Å². The lowest BCUT2D eigenvalue weighted by atomic mass is 10.0. The number of carbonyl (C=O) groups excluding carboxylic acids is 2. The Hall–Kier alpha value is -3.46. The van der Waals surface area contributed by atoms with Crippen molar-refractivity contribution < 1.29 is 19.1 Å². The number of nitrogens with zero attached hydrogens (tertiary/aromatic N) is 3. The van der Waals surface area contributed by atoms with Gasteiger partial charge in [-0.1, -0.05) is 0 Å². The number of thiophene rings is 1. The molecule has 1 N–H and O–H groups in total. The highest BCUT2D eigenvalue weighted by Crippen LogP contribution is 2.40. The van der Waals surface area contributed by atoms with Crippen LogP contribution in [0.4, 0.5) is 4.79 Å². The SMILES string of the molecule is COc1cc(C(=O)N2CCC[C@@H](NC(=O)OC(C)(C)C)C2)cc2cc(-c3cc4ccsc4n3CC3CC3)n(C)c12. The Kier molecular flexibility index (Phi) is 6.81. The molecule has 9 heteroatoms. The molecule has 212 valence electrons. The average molecular weight is 563 g/mol. The zero-order chi connectivity index (χ0) is 28.2. The first kappa shape index (κ1) is 26.7. The van der Waals surface area contributed by atoms with Crippen LogP contribution in [0.5, 0.6) is 5.75 Å². The molecule has 2 amide bonds. The number of benzene rings is 1. The van der Waals surface area contributed by atoms with Gasteiger partial charge in [0.05, 0.1) is 24.0 Å². The molecule has 1 saturated carbocycles. The van der Waals surface area contributed by atoms with Crippen LogP contribution in [0.1, 0.15) is 56.8 Å². The van der Waals surface area contributed by atoms with Gasteiger partial charge in [0.2, 0.25) is 0 Å². The smallest absolute Gasteiger partial charge is 0.407 e. The summed E-state index contributed by atoms with van der Waals surface area (Å²) in [6.45, 7) is 7.66. The predicted octanol–water partition coefficient (Wildman–Crippen LogP) is 6.41. The average Bonchev–Trinajstić information content (AvgIpc) is 3.35. The van der Waals surface area contributed by atoms with Crippen LogP contribution >= 0.6 is 11.3 Å². The largest absolute Gasteiger partial charge is 0.495 e. The molecular weight excluding hydrogens is 524 g/mol. The Bertz CT molecular complexity index is 1590. The van der Waals surface area contributed by atoms with Gasteiger partial charge in [0.1, 0.15) is 16.2 Å². The minimum atomic E-state index is -0.566. The standard InChI is InChI=1S/C31H38N4O4S/c1-31(2,3)39-30(37)32-23-7-6-11-34(18-23)28(36)22-13-21-15-24(33(4)27(21)26(16-22)38-5)25-14-20-10-12-40-29(20)35(25)17-19-8-9-19/h10,12-16,19,23H,6-9,11,17-18H2,1-5H3,(H,32,37)/t23-/m1/s1. The molecule has 40 heavy (non-hydrogen) atoms. The Morgan fingerprint density at radius 2 is 1.85 bits per heavy atom. The third kappa shape index (κ3) is 5.19. The highest BCUT2D eigenvalue weighted by molar-refractivity contribution is 7.16. The fourth-order valence-electron chi connectivity index (χ4n) is 5.85. The van der Waals surface area contributed by atoms with Gasteiger partial charge in [0, 0.05) is 49.1 Å². The zero-order valence-corrected chi connectivity index (χ0v) is 24.8. The lowest BCUT2D eigenvalue weighted by Crippen LogP contribution is -2.50. The van der Waals surface area contributed by atoms with E-state index in [9.17, 15) is 9.59 Å². The highest BCUT2D eigenvalue weighted by Gasteiger charge is 2.29. The summed E-state index contributed by atoms with van der Waals surface area (Å²) in [7, 11) is 3.73. The van der Waals surface area contributed by atoms with Crippen LogP contribution < -0.4 is 10.1 Å². The molecule has 0 unspecified atom stereocenters. The minimum absolute atomic E-state index is 0.0566. The van der Waals surface area contributed by atoms with Crippen LogP contribution in [0.15, 0.2) is 35.7 Å². The summed E-state index contributed by atoms with van der Waals surface area (Å²) in [5.74, 6) is 1.37. The van der Waals surface area contributed by atoms with E-state index in [1.165, 1.54) is 28.8 Å². The van der Waals surface area contributed by atoms with Gasteiger partial charge in [0.25, 0.3) is 5.91 Å². The highest BCUT2D eigenvalue weighted by atomic mass is 32.1. The van der Waals surface area contributed by atoms with Crippen LogP contribution in [0.3, 0.4) is 0 Å². The third-order valence-corrected chi connectivity index (χ3v) is 8.84. The van der Waals surface area contributed by atoms with Gasteiger partial charge in [-0.3, -0.25) is 4.79 Å². The number of methoxy groups -OCH3 is 1. The molecule has 4 aromatic rings. The number of amides is 2. The summed E-state index contributed by atoms with van der Waals surface area (Å²) < 4.78 is 15.9. The summed E-state index contributed by atoms with van der Waals surface area (Å²) in [5.41, 5.74) is 3.31. The molecule has 0 spiro atoms. The van der Waals surface area contributed by atoms with Crippen LogP contribution in [0, 0.1) is 5.92 Å². The number of likely N-dealkylation sites (tertiary alicyclic amines) is 1. The molecule has 1 aromatic carbocycles. The second-order valence-corrected chi connectivity index (χ2v) is 13.1. The third-order valence-electron chi connectivity index (χ3n) is 7.89. The van der Waals surface area contributed by atoms with E-state index >= 15 is 0 Å². The Labute approximate surface area is 238 Å². The van der Waals surface area contributed by atoms with E-state index in [-0.39, 0.29) is 11.9 Å². The van der Waals surface area contributed by atoms with Gasteiger partial charge in [-0.2, -0.15) is 0 Å². The first-order valence-electron chi connectivity index (χ1n) is 14.1. The second kappa shape index (κ2) is 10.2. The fraction of sp³-hybridized carbons (Fsp3) is 0.484. The lowest BCUT2D eigenvalue weighted by Gasteiger charge is -2.33. The number of rotatable bonds is 6. The normalized spacial score (nSPS) is 17.9. The maximum absolute atomic E-state index is 13.7. The van der Waals surface area contributed by atoms with Crippen molar-refractivity contribution in [3.63, 3.8) is 0 Å². The number of piperidine rings is 1. The van der Waals surface area contributed by atoms with E-state index < -0.39 is 11.7 Å². The van der Waals surface area contributed by atoms with Gasteiger partial charge in [-0.25, -0.2) is 4.79 Å². The van der Waals surface area contributed by atoms with E-state index in [4.69, 9.17) is 9.47 Å². The molecule has 6 rings (SSSR count). The number of hydrogen-bond acceptors (Lipinski definition) is 5. The van der Waals surface area contributed by atoms with Crippen LogP contribution in [-0.4, -0.2) is 57.9 Å². The number of hydrogen-bond donors (Lipinski definition) is 1. The molecule has 4 heterocycles. The van der Waals surface area contributed by atoms with E-state index in [1.54, 1.807) is 18.4 Å². The molecule has 1 aliphatic heterocycles. The number of alkyl carbamates (subject to hydrolysis) is 1. The molecule has 8 nitrogen and oxygen atoms in total. The van der Waals surface area contributed by atoms with E-state index in [1.807, 2.05) is 37.8 Å². The zero-order valence-electron chi connectivity index (χ0n) is 24.0. The first-order chi connectivity index (χ1) is 19.1. The van der Waals surface area contributed by atoms with Crippen molar-refractivity contribution in [1.29, 1.82) is 0 Å². The summed E-state index contributed by atoms with van der Waals surface area (Å²) >= 11 is 1.79. The number of ether oxygens (including phenoxy) is 2. The summed E-state index contributed by atoms with van der Waals surface area (Å²) in [4.78, 5) is 29.2. The molecule has 2 aliphatic rings. The maximum atomic E-state index is 13.7. The summed E-state index contributed by atoms with van der Waals surface area (Å²) in [6, 6.07) is 10.3. The number of fused-ring (bicyclic) bond motifs is 2. The van der Waals surface area contributed by atoms with Crippen molar-refractivity contribution in [2.45, 2.75) is 64.6 Å². The Morgan fingerprint density at radius 1 is 1.07 bits per heavy atom. The molecule has 1 aliphatic carbocycles. The fourth-order valence-corrected chi connectivity index (χ4v) is 6.76. The number of nitrogens with one attached hydrogen (secondary N) is 1. The molecular formula is C31H38N4O4S. The van der Waals surface area contributed by atoms with Crippen LogP contribution in [0.2, 0.25) is 0 Å². The van der Waals surface area contributed by atoms with E-state index in [0.717, 1.165) is 41.9 Å². The predicted molar refractivity (Wildman–Crippen MR) is 159 cm³/mol. The molecule has 0 bridgehead atoms. The topological polar surface area (TPSA) is 77.7 Å². The Morgan fingerprint density at radius 3 is 2.58 bits per heavy atom. The van der Waals surface area contributed by atoms with Crippen molar-refractivity contribution in [2.24, 2.45) is 13.0 Å². The van der Waals surface area contributed by atoms with Crippen molar-refractivity contribution >= 4 is 44.5 Å². The number of aryl methyl sites for hydroxylation is 1. The monoisotopic (exact) mass is 562 g/mol. The second-order valence-electron chi connectivity index (χ2n) is 12.2. The van der Waals surface area contributed by atoms with Gasteiger partial charge in [-0.05, 0) is 88.1 Å². The first-order valence-corrected chi connectivity index (χ1v) is 15.0.